The fourth-order valence-corrected chi connectivity index (χ4v) is 1.50. The van der Waals surface area contributed by atoms with Gasteiger partial charge in [-0.3, -0.25) is 4.79 Å². The van der Waals surface area contributed by atoms with Gasteiger partial charge in [0.25, 0.3) is 0 Å². The van der Waals surface area contributed by atoms with Crippen LogP contribution in [0.5, 0.6) is 0 Å². The van der Waals surface area contributed by atoms with Gasteiger partial charge in [0.15, 0.2) is 0 Å². The first-order valence-corrected chi connectivity index (χ1v) is 4.77. The van der Waals surface area contributed by atoms with Gasteiger partial charge in [-0.05, 0) is 23.8 Å². The molecule has 15 heavy (non-hydrogen) atoms. The van der Waals surface area contributed by atoms with Crippen LogP contribution in [0.15, 0.2) is 36.5 Å². The molecule has 0 saturated carbocycles. The Morgan fingerprint density at radius 2 is 2.27 bits per heavy atom. The average molecular weight is 200 g/mol. The summed E-state index contributed by atoms with van der Waals surface area (Å²) in [6, 6.07) is 7.95. The molecule has 0 spiro atoms. The number of hydrogen-bond donors (Lipinski definition) is 2. The summed E-state index contributed by atoms with van der Waals surface area (Å²) in [5.41, 5.74) is 2.12. The number of amides is 1. The number of carbonyl (C=O) groups excluding carboxylic acids is 1. The fraction of sp³-hybridized carbons (Fsp3) is 0.0833. The number of aromatic amines is 1. The summed E-state index contributed by atoms with van der Waals surface area (Å²) >= 11 is 0. The van der Waals surface area contributed by atoms with Crippen molar-refractivity contribution in [2.75, 3.05) is 7.05 Å². The Labute approximate surface area is 87.8 Å². The molecular weight excluding hydrogens is 188 g/mol. The van der Waals surface area contributed by atoms with Crippen molar-refractivity contribution in [1.29, 1.82) is 0 Å². The molecule has 0 unspecified atom stereocenters. The third-order valence-corrected chi connectivity index (χ3v) is 2.29. The first-order valence-electron chi connectivity index (χ1n) is 4.77. The van der Waals surface area contributed by atoms with Crippen LogP contribution in [-0.4, -0.2) is 17.9 Å². The summed E-state index contributed by atoms with van der Waals surface area (Å²) in [6.07, 6.45) is 5.23. The lowest BCUT2D eigenvalue weighted by atomic mass is 10.1. The highest BCUT2D eigenvalue weighted by Gasteiger charge is 1.98. The molecule has 1 amide bonds. The second kappa shape index (κ2) is 4.00. The van der Waals surface area contributed by atoms with E-state index in [1.165, 1.54) is 6.08 Å². The lowest BCUT2D eigenvalue weighted by Crippen LogP contribution is -2.13. The number of nitrogens with one attached hydrogen (secondary N) is 2. The van der Waals surface area contributed by atoms with Crippen molar-refractivity contribution in [3.05, 3.63) is 42.1 Å². The van der Waals surface area contributed by atoms with E-state index in [2.05, 4.69) is 10.3 Å². The largest absolute Gasteiger partial charge is 0.361 e. The van der Waals surface area contributed by atoms with E-state index in [1.807, 2.05) is 36.5 Å². The van der Waals surface area contributed by atoms with Gasteiger partial charge in [-0.15, -0.1) is 0 Å². The van der Waals surface area contributed by atoms with Crippen molar-refractivity contribution in [3.63, 3.8) is 0 Å². The minimum absolute atomic E-state index is 0.0949. The van der Waals surface area contributed by atoms with Crippen LogP contribution in [0.4, 0.5) is 0 Å². The number of likely N-dealkylation sites (N-methyl/N-ethyl adjacent to an activating group) is 1. The van der Waals surface area contributed by atoms with E-state index < -0.39 is 0 Å². The smallest absolute Gasteiger partial charge is 0.243 e. The number of H-pyrrole nitrogens is 1. The maximum absolute atomic E-state index is 11.1. The molecule has 2 rings (SSSR count). The SMILES string of the molecule is CNC(=O)/C=C/c1cccc2[nH]ccc12. The van der Waals surface area contributed by atoms with Gasteiger partial charge in [-0.2, -0.15) is 0 Å². The molecular formula is C12H12N2O. The molecule has 1 aromatic heterocycles. The van der Waals surface area contributed by atoms with E-state index in [9.17, 15) is 4.79 Å². The van der Waals surface area contributed by atoms with Crippen LogP contribution < -0.4 is 5.32 Å². The second-order valence-corrected chi connectivity index (χ2v) is 3.23. The highest BCUT2D eigenvalue weighted by atomic mass is 16.1. The number of fused-ring (bicyclic) bond motifs is 1. The summed E-state index contributed by atoms with van der Waals surface area (Å²) in [5.74, 6) is -0.0949. The van der Waals surface area contributed by atoms with Crippen molar-refractivity contribution in [1.82, 2.24) is 10.3 Å². The Kier molecular flexibility index (Phi) is 2.54. The normalized spacial score (nSPS) is 11.0. The zero-order chi connectivity index (χ0) is 10.7. The molecule has 1 heterocycles. The van der Waals surface area contributed by atoms with Crippen LogP contribution in [0.2, 0.25) is 0 Å². The zero-order valence-corrected chi connectivity index (χ0v) is 8.45. The summed E-state index contributed by atoms with van der Waals surface area (Å²) in [4.78, 5) is 14.2. The van der Waals surface area contributed by atoms with E-state index >= 15 is 0 Å². The van der Waals surface area contributed by atoms with Gasteiger partial charge < -0.3 is 10.3 Å². The van der Waals surface area contributed by atoms with Gasteiger partial charge >= 0.3 is 0 Å². The van der Waals surface area contributed by atoms with Gasteiger partial charge in [0.05, 0.1) is 0 Å². The lowest BCUT2D eigenvalue weighted by molar-refractivity contribution is -0.115. The van der Waals surface area contributed by atoms with Crippen LogP contribution in [0, 0.1) is 0 Å². The summed E-state index contributed by atoms with van der Waals surface area (Å²) in [7, 11) is 1.61. The molecule has 3 nitrogen and oxygen atoms in total. The Balaban J connectivity index is 2.39. The van der Waals surface area contributed by atoms with Gasteiger partial charge in [-0.25, -0.2) is 0 Å². The summed E-state index contributed by atoms with van der Waals surface area (Å²) < 4.78 is 0. The molecule has 0 aliphatic heterocycles. The van der Waals surface area contributed by atoms with Gasteiger partial charge in [-0.1, -0.05) is 12.1 Å². The summed E-state index contributed by atoms with van der Waals surface area (Å²) in [5, 5.41) is 3.67. The third kappa shape index (κ3) is 1.91. The molecule has 2 N–H and O–H groups in total. The quantitative estimate of drug-likeness (QED) is 0.715. The molecule has 0 bridgehead atoms. The Morgan fingerprint density at radius 1 is 1.40 bits per heavy atom. The van der Waals surface area contributed by atoms with E-state index in [1.54, 1.807) is 7.05 Å². The average Bonchev–Trinajstić information content (AvgIpc) is 2.74. The minimum Gasteiger partial charge on any atom is -0.361 e. The Hall–Kier alpha value is -2.03. The number of benzene rings is 1. The maximum Gasteiger partial charge on any atom is 0.243 e. The topological polar surface area (TPSA) is 44.9 Å². The predicted octanol–water partition coefficient (Wildman–Crippen LogP) is 1.93. The van der Waals surface area contributed by atoms with Gasteiger partial charge in [0.2, 0.25) is 5.91 Å². The number of rotatable bonds is 2. The standard InChI is InChI=1S/C12H12N2O/c1-13-12(15)6-5-9-3-2-4-11-10(9)7-8-14-11/h2-8,14H,1H3,(H,13,15)/b6-5+. The zero-order valence-electron chi connectivity index (χ0n) is 8.45. The fourth-order valence-electron chi connectivity index (χ4n) is 1.50. The lowest BCUT2D eigenvalue weighted by Gasteiger charge is -1.96. The Morgan fingerprint density at radius 3 is 3.07 bits per heavy atom. The number of hydrogen-bond acceptors (Lipinski definition) is 1. The highest BCUT2D eigenvalue weighted by Crippen LogP contribution is 2.18. The molecule has 0 atom stereocenters. The van der Waals surface area contributed by atoms with Gasteiger partial charge in [0, 0.05) is 30.2 Å². The van der Waals surface area contributed by atoms with Crippen molar-refractivity contribution in [2.24, 2.45) is 0 Å². The summed E-state index contributed by atoms with van der Waals surface area (Å²) in [6.45, 7) is 0. The first-order chi connectivity index (χ1) is 7.31. The third-order valence-electron chi connectivity index (χ3n) is 2.29. The molecule has 0 radical (unpaired) electrons. The predicted molar refractivity (Wildman–Crippen MR) is 61.4 cm³/mol. The van der Waals surface area contributed by atoms with E-state index in [0.717, 1.165) is 16.5 Å². The van der Waals surface area contributed by atoms with Crippen molar-refractivity contribution < 1.29 is 4.79 Å². The van der Waals surface area contributed by atoms with Crippen LogP contribution in [-0.2, 0) is 4.79 Å². The molecule has 76 valence electrons. The van der Waals surface area contributed by atoms with Crippen LogP contribution >= 0.6 is 0 Å². The van der Waals surface area contributed by atoms with Crippen LogP contribution in [0.1, 0.15) is 5.56 Å². The molecule has 0 saturated heterocycles. The monoisotopic (exact) mass is 200 g/mol. The molecule has 0 aliphatic rings. The Bertz CT molecular complexity index is 511. The number of carbonyl (C=O) groups is 1. The van der Waals surface area contributed by atoms with Crippen LogP contribution in [0.3, 0.4) is 0 Å². The number of aromatic nitrogens is 1. The van der Waals surface area contributed by atoms with Crippen molar-refractivity contribution in [2.45, 2.75) is 0 Å². The maximum atomic E-state index is 11.1. The van der Waals surface area contributed by atoms with E-state index in [0.29, 0.717) is 0 Å². The van der Waals surface area contributed by atoms with E-state index in [-0.39, 0.29) is 5.91 Å². The van der Waals surface area contributed by atoms with E-state index in [4.69, 9.17) is 0 Å². The molecule has 0 aliphatic carbocycles. The highest BCUT2D eigenvalue weighted by molar-refractivity contribution is 5.95. The van der Waals surface area contributed by atoms with Crippen LogP contribution in [0.25, 0.3) is 17.0 Å². The van der Waals surface area contributed by atoms with Gasteiger partial charge in [0.1, 0.15) is 0 Å². The molecule has 3 heteroatoms. The minimum atomic E-state index is -0.0949. The first kappa shape index (κ1) is 9.52. The molecule has 0 fully saturated rings. The van der Waals surface area contributed by atoms with Crippen molar-refractivity contribution in [3.8, 4) is 0 Å². The molecule has 2 aromatic rings. The second-order valence-electron chi connectivity index (χ2n) is 3.23. The molecule has 1 aromatic carbocycles. The van der Waals surface area contributed by atoms with Crippen molar-refractivity contribution >= 4 is 22.9 Å².